The summed E-state index contributed by atoms with van der Waals surface area (Å²) in [5.41, 5.74) is 1.08. The first kappa shape index (κ1) is 11.2. The van der Waals surface area contributed by atoms with Gasteiger partial charge in [0, 0.05) is 18.8 Å². The summed E-state index contributed by atoms with van der Waals surface area (Å²) in [5.74, 6) is 1.93. The topological polar surface area (TPSA) is 29.9 Å². The molecule has 1 aliphatic carbocycles. The van der Waals surface area contributed by atoms with Crippen LogP contribution >= 0.6 is 0 Å². The van der Waals surface area contributed by atoms with E-state index in [0.29, 0.717) is 6.04 Å². The van der Waals surface area contributed by atoms with Crippen LogP contribution in [0.1, 0.15) is 37.9 Å². The molecule has 1 unspecified atom stereocenters. The maximum absolute atomic E-state index is 4.50. The Bertz CT molecular complexity index is 363. The van der Waals surface area contributed by atoms with E-state index >= 15 is 0 Å². The average Bonchev–Trinajstić information content (AvgIpc) is 2.97. The van der Waals surface area contributed by atoms with Gasteiger partial charge in [-0.3, -0.25) is 0 Å². The van der Waals surface area contributed by atoms with Crippen LogP contribution in [0.4, 0.5) is 5.95 Å². The second-order valence-electron chi connectivity index (χ2n) is 4.81. The molecule has 0 amide bonds. The van der Waals surface area contributed by atoms with Crippen molar-refractivity contribution < 1.29 is 0 Å². The maximum Gasteiger partial charge on any atom is 0.203 e. The summed E-state index contributed by atoms with van der Waals surface area (Å²) in [7, 11) is 0. The second-order valence-corrected chi connectivity index (χ2v) is 4.81. The number of aryl methyl sites for hydroxylation is 1. The van der Waals surface area contributed by atoms with Crippen LogP contribution in [0.15, 0.2) is 18.9 Å². The fourth-order valence-electron chi connectivity index (χ4n) is 2.10. The number of aromatic nitrogens is 2. The highest BCUT2D eigenvalue weighted by molar-refractivity contribution is 5.30. The van der Waals surface area contributed by atoms with Crippen LogP contribution in [-0.2, 0) is 0 Å². The summed E-state index contributed by atoms with van der Waals surface area (Å²) in [6.45, 7) is 8.80. The van der Waals surface area contributed by atoms with E-state index in [1.54, 1.807) is 0 Å². The molecule has 1 N–H and O–H groups in total. The van der Waals surface area contributed by atoms with Crippen molar-refractivity contribution in [3.05, 3.63) is 24.5 Å². The Morgan fingerprint density at radius 3 is 3.06 bits per heavy atom. The van der Waals surface area contributed by atoms with Crippen molar-refractivity contribution >= 4 is 5.95 Å². The van der Waals surface area contributed by atoms with Gasteiger partial charge in [-0.15, -0.1) is 6.58 Å². The van der Waals surface area contributed by atoms with Crippen LogP contribution in [0.25, 0.3) is 0 Å². The van der Waals surface area contributed by atoms with Crippen LogP contribution in [0, 0.1) is 12.8 Å². The molecule has 1 fully saturated rings. The number of nitrogens with zero attached hydrogens (tertiary/aromatic N) is 2. The molecular weight excluding hydrogens is 198 g/mol. The Morgan fingerprint density at radius 2 is 2.44 bits per heavy atom. The number of hydrogen-bond donors (Lipinski definition) is 1. The normalized spacial score (nSPS) is 17.1. The summed E-state index contributed by atoms with van der Waals surface area (Å²) in [6.07, 6.45) is 8.10. The Labute approximate surface area is 97.6 Å². The Morgan fingerprint density at radius 1 is 1.69 bits per heavy atom. The molecule has 1 aliphatic rings. The van der Waals surface area contributed by atoms with Crippen molar-refractivity contribution in [2.45, 2.75) is 39.2 Å². The number of rotatable bonds is 6. The van der Waals surface area contributed by atoms with Crippen molar-refractivity contribution in [3.63, 3.8) is 0 Å². The molecule has 3 heteroatoms. The van der Waals surface area contributed by atoms with Gasteiger partial charge < -0.3 is 9.88 Å². The fourth-order valence-corrected chi connectivity index (χ4v) is 2.10. The molecule has 16 heavy (non-hydrogen) atoms. The van der Waals surface area contributed by atoms with E-state index in [0.717, 1.165) is 24.1 Å². The van der Waals surface area contributed by atoms with Crippen LogP contribution in [-0.4, -0.2) is 16.1 Å². The summed E-state index contributed by atoms with van der Waals surface area (Å²) in [5, 5.41) is 3.29. The van der Waals surface area contributed by atoms with Crippen molar-refractivity contribution in [1.29, 1.82) is 0 Å². The highest BCUT2D eigenvalue weighted by Gasteiger charge is 2.25. The lowest BCUT2D eigenvalue weighted by molar-refractivity contribution is 0.480. The van der Waals surface area contributed by atoms with Crippen LogP contribution in [0.2, 0.25) is 0 Å². The smallest absolute Gasteiger partial charge is 0.203 e. The molecular formula is C13H21N3. The van der Waals surface area contributed by atoms with Gasteiger partial charge in [-0.05, 0) is 26.2 Å². The van der Waals surface area contributed by atoms with Gasteiger partial charge in [0.2, 0.25) is 5.95 Å². The summed E-state index contributed by atoms with van der Waals surface area (Å²) >= 11 is 0. The lowest BCUT2D eigenvalue weighted by Crippen LogP contribution is -2.11. The molecule has 1 aromatic heterocycles. The fraction of sp³-hybridized carbons (Fsp3) is 0.615. The van der Waals surface area contributed by atoms with Crippen molar-refractivity contribution in [3.8, 4) is 0 Å². The molecule has 1 aromatic rings. The molecule has 0 aromatic carbocycles. The molecule has 0 spiro atoms. The molecule has 1 atom stereocenters. The van der Waals surface area contributed by atoms with E-state index in [9.17, 15) is 0 Å². The molecule has 1 saturated carbocycles. The van der Waals surface area contributed by atoms with E-state index in [2.05, 4.69) is 34.6 Å². The predicted octanol–water partition coefficient (Wildman–Crippen LogP) is 3.15. The largest absolute Gasteiger partial charge is 0.352 e. The van der Waals surface area contributed by atoms with Crippen LogP contribution in [0.5, 0.6) is 0 Å². The summed E-state index contributed by atoms with van der Waals surface area (Å²) < 4.78 is 2.26. The maximum atomic E-state index is 4.50. The van der Waals surface area contributed by atoms with Gasteiger partial charge in [-0.1, -0.05) is 18.9 Å². The standard InChI is InChI=1S/C13H21N3/c1-4-7-14-13-15-10(2)9-16(13)11(3)8-12-5-6-12/h4,9,11-12H,1,5-8H2,2-3H3,(H,14,15). The molecule has 2 rings (SSSR count). The third-order valence-corrected chi connectivity index (χ3v) is 3.10. The van der Waals surface area contributed by atoms with Crippen LogP contribution < -0.4 is 5.32 Å². The Balaban J connectivity index is 2.06. The Hall–Kier alpha value is -1.25. The molecule has 1 heterocycles. The van der Waals surface area contributed by atoms with Gasteiger partial charge in [0.25, 0.3) is 0 Å². The van der Waals surface area contributed by atoms with Gasteiger partial charge >= 0.3 is 0 Å². The summed E-state index contributed by atoms with van der Waals surface area (Å²) in [4.78, 5) is 4.50. The zero-order valence-electron chi connectivity index (χ0n) is 10.2. The number of hydrogen-bond acceptors (Lipinski definition) is 2. The minimum atomic E-state index is 0.543. The highest BCUT2D eigenvalue weighted by Crippen LogP contribution is 2.37. The SMILES string of the molecule is C=CCNc1nc(C)cn1C(C)CC1CC1. The average molecular weight is 219 g/mol. The first-order valence-electron chi connectivity index (χ1n) is 6.11. The number of imidazole rings is 1. The van der Waals surface area contributed by atoms with Gasteiger partial charge in [0.15, 0.2) is 0 Å². The van der Waals surface area contributed by atoms with E-state index in [4.69, 9.17) is 0 Å². The third kappa shape index (κ3) is 2.65. The van der Waals surface area contributed by atoms with E-state index in [1.807, 2.05) is 13.0 Å². The molecule has 0 saturated heterocycles. The number of nitrogens with one attached hydrogen (secondary N) is 1. The molecule has 0 aliphatic heterocycles. The monoisotopic (exact) mass is 219 g/mol. The van der Waals surface area contributed by atoms with E-state index in [-0.39, 0.29) is 0 Å². The lowest BCUT2D eigenvalue weighted by Gasteiger charge is -2.16. The Kier molecular flexibility index (Phi) is 3.32. The summed E-state index contributed by atoms with van der Waals surface area (Å²) in [6, 6.07) is 0.543. The van der Waals surface area contributed by atoms with Crippen molar-refractivity contribution in [1.82, 2.24) is 9.55 Å². The van der Waals surface area contributed by atoms with Gasteiger partial charge in [-0.2, -0.15) is 0 Å². The number of anilines is 1. The van der Waals surface area contributed by atoms with Crippen LogP contribution in [0.3, 0.4) is 0 Å². The zero-order valence-corrected chi connectivity index (χ0v) is 10.2. The van der Waals surface area contributed by atoms with E-state index in [1.165, 1.54) is 19.3 Å². The van der Waals surface area contributed by atoms with Gasteiger partial charge in [-0.25, -0.2) is 4.98 Å². The molecule has 0 radical (unpaired) electrons. The van der Waals surface area contributed by atoms with Gasteiger partial charge in [0.05, 0.1) is 5.69 Å². The minimum Gasteiger partial charge on any atom is -0.352 e. The quantitative estimate of drug-likeness (QED) is 0.745. The molecule has 0 bridgehead atoms. The minimum absolute atomic E-state index is 0.543. The molecule has 88 valence electrons. The first-order chi connectivity index (χ1) is 7.70. The molecule has 3 nitrogen and oxygen atoms in total. The predicted molar refractivity (Wildman–Crippen MR) is 67.7 cm³/mol. The highest BCUT2D eigenvalue weighted by atomic mass is 15.2. The van der Waals surface area contributed by atoms with Gasteiger partial charge in [0.1, 0.15) is 0 Å². The van der Waals surface area contributed by atoms with Crippen molar-refractivity contribution in [2.24, 2.45) is 5.92 Å². The van der Waals surface area contributed by atoms with Crippen molar-refractivity contribution in [2.75, 3.05) is 11.9 Å². The second kappa shape index (κ2) is 4.73. The zero-order chi connectivity index (χ0) is 11.5. The third-order valence-electron chi connectivity index (χ3n) is 3.10. The van der Waals surface area contributed by atoms with E-state index < -0.39 is 0 Å². The first-order valence-corrected chi connectivity index (χ1v) is 6.11. The lowest BCUT2D eigenvalue weighted by atomic mass is 10.1.